The Kier molecular flexibility index (Phi) is 5.96. The van der Waals surface area contributed by atoms with E-state index < -0.39 is 0 Å². The van der Waals surface area contributed by atoms with Gasteiger partial charge in [0.1, 0.15) is 11.6 Å². The molecule has 0 atom stereocenters. The van der Waals surface area contributed by atoms with Crippen LogP contribution in [0.2, 0.25) is 0 Å². The summed E-state index contributed by atoms with van der Waals surface area (Å²) < 4.78 is 0. The van der Waals surface area contributed by atoms with Crippen molar-refractivity contribution in [3.8, 4) is 11.3 Å². The molecule has 0 radical (unpaired) electrons. The van der Waals surface area contributed by atoms with Crippen molar-refractivity contribution in [1.82, 2.24) is 19.9 Å². The minimum absolute atomic E-state index is 0.508. The van der Waals surface area contributed by atoms with Crippen LogP contribution in [0.1, 0.15) is 36.7 Å². The van der Waals surface area contributed by atoms with Gasteiger partial charge in [0.25, 0.3) is 0 Å². The van der Waals surface area contributed by atoms with Gasteiger partial charge in [-0.25, -0.2) is 9.97 Å². The summed E-state index contributed by atoms with van der Waals surface area (Å²) in [6.07, 6.45) is 1.83. The Morgan fingerprint density at radius 1 is 0.968 bits per heavy atom. The summed E-state index contributed by atoms with van der Waals surface area (Å²) in [6, 6.07) is 18.9. The molecule has 4 aromatic rings. The van der Waals surface area contributed by atoms with E-state index in [0.29, 0.717) is 12.5 Å². The number of hydrogen-bond acceptors (Lipinski definition) is 5. The average Bonchev–Trinajstić information content (AvgIpc) is 2.73. The lowest BCUT2D eigenvalue weighted by molar-refractivity contribution is 0.391. The molecule has 31 heavy (non-hydrogen) atoms. The molecule has 2 aromatic carbocycles. The number of pyridine rings is 1. The van der Waals surface area contributed by atoms with Crippen molar-refractivity contribution in [2.45, 2.75) is 33.2 Å². The summed E-state index contributed by atoms with van der Waals surface area (Å²) in [6.45, 7) is 7.16. The van der Waals surface area contributed by atoms with Gasteiger partial charge in [-0.1, -0.05) is 38.1 Å². The number of fused-ring (bicyclic) bond motifs is 1. The number of hydrogen-bond donors (Lipinski definition) is 1. The Bertz CT molecular complexity index is 1200. The second kappa shape index (κ2) is 8.82. The van der Waals surface area contributed by atoms with Crippen LogP contribution in [0.25, 0.3) is 22.2 Å². The summed E-state index contributed by atoms with van der Waals surface area (Å²) in [5.74, 6) is 2.12. The van der Waals surface area contributed by atoms with Crippen LogP contribution >= 0.6 is 0 Å². The molecule has 0 aliphatic carbocycles. The second-order valence-electron chi connectivity index (χ2n) is 8.53. The Balaban J connectivity index is 1.78. The number of anilines is 2. The summed E-state index contributed by atoms with van der Waals surface area (Å²) in [5.41, 5.74) is 6.44. The molecular formula is C26H29N5. The number of benzene rings is 2. The van der Waals surface area contributed by atoms with Crippen molar-refractivity contribution < 1.29 is 0 Å². The van der Waals surface area contributed by atoms with Gasteiger partial charge in [-0.05, 0) is 68.4 Å². The van der Waals surface area contributed by atoms with E-state index in [9.17, 15) is 0 Å². The Morgan fingerprint density at radius 3 is 2.42 bits per heavy atom. The molecule has 0 fully saturated rings. The third kappa shape index (κ3) is 4.72. The standard InChI is InChI=1S/C26H29N5/c1-17(2)19-8-11-21(12-9-19)28-26-22-13-10-20(25-18(3)7-6-14-27-25)15-23(22)29-24(30-26)16-31(4)5/h6-15,17H,16H2,1-5H3,(H,28,29,30). The normalized spacial score (nSPS) is 11.5. The smallest absolute Gasteiger partial charge is 0.145 e. The fourth-order valence-electron chi connectivity index (χ4n) is 3.65. The van der Waals surface area contributed by atoms with Gasteiger partial charge < -0.3 is 10.2 Å². The summed E-state index contributed by atoms with van der Waals surface area (Å²) in [4.78, 5) is 16.3. The van der Waals surface area contributed by atoms with Gasteiger partial charge in [0, 0.05) is 22.8 Å². The maximum atomic E-state index is 4.85. The maximum absolute atomic E-state index is 4.85. The Labute approximate surface area is 184 Å². The third-order valence-corrected chi connectivity index (χ3v) is 5.32. The van der Waals surface area contributed by atoms with E-state index >= 15 is 0 Å². The van der Waals surface area contributed by atoms with Crippen LogP contribution in [0.4, 0.5) is 11.5 Å². The molecule has 2 aromatic heterocycles. The lowest BCUT2D eigenvalue weighted by atomic mass is 10.0. The molecular weight excluding hydrogens is 382 g/mol. The summed E-state index contributed by atoms with van der Waals surface area (Å²) in [7, 11) is 4.05. The van der Waals surface area contributed by atoms with E-state index in [4.69, 9.17) is 9.97 Å². The lowest BCUT2D eigenvalue weighted by Crippen LogP contribution is -2.14. The van der Waals surface area contributed by atoms with Crippen LogP contribution in [-0.4, -0.2) is 33.9 Å². The number of aryl methyl sites for hydroxylation is 1. The molecule has 1 N–H and O–H groups in total. The van der Waals surface area contributed by atoms with E-state index in [1.54, 1.807) is 0 Å². The minimum atomic E-state index is 0.508. The number of nitrogens with zero attached hydrogens (tertiary/aromatic N) is 4. The highest BCUT2D eigenvalue weighted by atomic mass is 15.1. The largest absolute Gasteiger partial charge is 0.340 e. The number of rotatable bonds is 6. The molecule has 0 spiro atoms. The fourth-order valence-corrected chi connectivity index (χ4v) is 3.65. The Morgan fingerprint density at radius 2 is 1.74 bits per heavy atom. The second-order valence-corrected chi connectivity index (χ2v) is 8.53. The molecule has 0 bridgehead atoms. The molecule has 0 unspecified atom stereocenters. The van der Waals surface area contributed by atoms with E-state index in [0.717, 1.165) is 45.1 Å². The predicted octanol–water partition coefficient (Wildman–Crippen LogP) is 5.93. The van der Waals surface area contributed by atoms with Crippen LogP contribution in [0.5, 0.6) is 0 Å². The van der Waals surface area contributed by atoms with Gasteiger partial charge in [0.15, 0.2) is 0 Å². The molecule has 0 saturated heterocycles. The molecule has 0 amide bonds. The number of aromatic nitrogens is 3. The Hall–Kier alpha value is -3.31. The SMILES string of the molecule is Cc1cccnc1-c1ccc2c(Nc3ccc(C(C)C)cc3)nc(CN(C)C)nc2c1. The average molecular weight is 412 g/mol. The zero-order valence-corrected chi connectivity index (χ0v) is 18.8. The highest BCUT2D eigenvalue weighted by Gasteiger charge is 2.12. The van der Waals surface area contributed by atoms with E-state index in [1.165, 1.54) is 5.56 Å². The highest BCUT2D eigenvalue weighted by molar-refractivity contribution is 5.93. The zero-order valence-electron chi connectivity index (χ0n) is 18.8. The minimum Gasteiger partial charge on any atom is -0.340 e. The van der Waals surface area contributed by atoms with E-state index in [-0.39, 0.29) is 0 Å². The monoisotopic (exact) mass is 411 g/mol. The molecule has 0 saturated carbocycles. The van der Waals surface area contributed by atoms with Gasteiger partial charge in [-0.2, -0.15) is 0 Å². The maximum Gasteiger partial charge on any atom is 0.145 e. The van der Waals surface area contributed by atoms with Crippen LogP contribution in [-0.2, 0) is 6.54 Å². The topological polar surface area (TPSA) is 53.9 Å². The molecule has 0 aliphatic rings. The molecule has 2 heterocycles. The van der Waals surface area contributed by atoms with Gasteiger partial charge in [0.2, 0.25) is 0 Å². The first-order valence-corrected chi connectivity index (χ1v) is 10.6. The van der Waals surface area contributed by atoms with Crippen molar-refractivity contribution in [2.24, 2.45) is 0 Å². The molecule has 5 nitrogen and oxygen atoms in total. The van der Waals surface area contributed by atoms with Crippen molar-refractivity contribution >= 4 is 22.4 Å². The van der Waals surface area contributed by atoms with E-state index in [1.807, 2.05) is 26.4 Å². The van der Waals surface area contributed by atoms with Gasteiger partial charge in [-0.3, -0.25) is 4.98 Å². The predicted molar refractivity (Wildman–Crippen MR) is 129 cm³/mol. The van der Waals surface area contributed by atoms with Gasteiger partial charge >= 0.3 is 0 Å². The fraction of sp³-hybridized carbons (Fsp3) is 0.269. The quantitative estimate of drug-likeness (QED) is 0.426. The van der Waals surface area contributed by atoms with Crippen LogP contribution in [0, 0.1) is 6.92 Å². The van der Waals surface area contributed by atoms with Crippen molar-refractivity contribution in [3.63, 3.8) is 0 Å². The van der Waals surface area contributed by atoms with Crippen molar-refractivity contribution in [1.29, 1.82) is 0 Å². The first-order chi connectivity index (χ1) is 14.9. The first-order valence-electron chi connectivity index (χ1n) is 10.6. The molecule has 4 rings (SSSR count). The van der Waals surface area contributed by atoms with Crippen LogP contribution in [0.15, 0.2) is 60.8 Å². The van der Waals surface area contributed by atoms with Crippen molar-refractivity contribution in [2.75, 3.05) is 19.4 Å². The molecule has 5 heteroatoms. The van der Waals surface area contributed by atoms with Gasteiger partial charge in [-0.15, -0.1) is 0 Å². The van der Waals surface area contributed by atoms with Crippen LogP contribution in [0.3, 0.4) is 0 Å². The highest BCUT2D eigenvalue weighted by Crippen LogP contribution is 2.29. The summed E-state index contributed by atoms with van der Waals surface area (Å²) >= 11 is 0. The van der Waals surface area contributed by atoms with Crippen LogP contribution < -0.4 is 5.32 Å². The van der Waals surface area contributed by atoms with Crippen molar-refractivity contribution in [3.05, 3.63) is 77.7 Å². The molecule has 0 aliphatic heterocycles. The molecule has 158 valence electrons. The lowest BCUT2D eigenvalue weighted by Gasteiger charge is -2.15. The summed E-state index contributed by atoms with van der Waals surface area (Å²) in [5, 5.41) is 4.51. The first kappa shape index (κ1) is 20.9. The number of nitrogens with one attached hydrogen (secondary N) is 1. The van der Waals surface area contributed by atoms with E-state index in [2.05, 4.69) is 84.5 Å². The third-order valence-electron chi connectivity index (χ3n) is 5.32. The van der Waals surface area contributed by atoms with Gasteiger partial charge in [0.05, 0.1) is 17.8 Å². The zero-order chi connectivity index (χ0) is 22.0.